The van der Waals surface area contributed by atoms with Gasteiger partial charge in [-0.1, -0.05) is 0 Å². The molecule has 4 nitrogen and oxygen atoms in total. The van der Waals surface area contributed by atoms with Crippen LogP contribution in [0.4, 0.5) is 0 Å². The molecule has 0 unspecified atom stereocenters. The lowest BCUT2D eigenvalue weighted by Gasteiger charge is -2.35. The molecule has 0 amide bonds. The molecule has 1 fully saturated rings. The number of aromatic nitrogens is 2. The smallest absolute Gasteiger partial charge is 0.0644 e. The van der Waals surface area contributed by atoms with Gasteiger partial charge in [-0.25, -0.2) is 0 Å². The lowest BCUT2D eigenvalue weighted by atomic mass is 9.94. The van der Waals surface area contributed by atoms with E-state index < -0.39 is 5.60 Å². The molecule has 0 saturated carbocycles. The lowest BCUT2D eigenvalue weighted by molar-refractivity contribution is -0.00500. The topological polar surface area (TPSA) is 41.3 Å². The molecule has 0 aromatic carbocycles. The number of piperidine rings is 1. The van der Waals surface area contributed by atoms with Gasteiger partial charge < -0.3 is 10.0 Å². The van der Waals surface area contributed by atoms with Crippen molar-refractivity contribution in [1.29, 1.82) is 0 Å². The van der Waals surface area contributed by atoms with Gasteiger partial charge in [-0.15, -0.1) is 0 Å². The first kappa shape index (κ1) is 11.6. The second-order valence-electron chi connectivity index (χ2n) is 5.03. The maximum absolute atomic E-state index is 9.85. The average molecular weight is 223 g/mol. The molecule has 0 aliphatic carbocycles. The Morgan fingerprint density at radius 2 is 2.12 bits per heavy atom. The number of rotatable bonds is 3. The molecule has 1 aromatic rings. The largest absolute Gasteiger partial charge is 0.390 e. The fourth-order valence-corrected chi connectivity index (χ4v) is 2.18. The lowest BCUT2D eigenvalue weighted by Crippen LogP contribution is -2.43. The summed E-state index contributed by atoms with van der Waals surface area (Å²) in [5.74, 6) is 0. The van der Waals surface area contributed by atoms with E-state index in [1.807, 2.05) is 24.9 Å². The van der Waals surface area contributed by atoms with Crippen LogP contribution in [-0.4, -0.2) is 45.0 Å². The molecule has 1 saturated heterocycles. The standard InChI is InChI=1S/C12H21N3O/c1-12(16)5-9-15(10-6-12)8-4-11-3-7-13-14(11)2/h3,7,16H,4-6,8-10H2,1-2H3. The monoisotopic (exact) mass is 223 g/mol. The van der Waals surface area contributed by atoms with Crippen LogP contribution in [-0.2, 0) is 13.5 Å². The normalized spacial score (nSPS) is 21.2. The van der Waals surface area contributed by atoms with Crippen molar-refractivity contribution in [3.63, 3.8) is 0 Å². The van der Waals surface area contributed by atoms with Crippen molar-refractivity contribution in [2.45, 2.75) is 31.8 Å². The van der Waals surface area contributed by atoms with Gasteiger partial charge in [0, 0.05) is 45.0 Å². The number of nitrogens with zero attached hydrogens (tertiary/aromatic N) is 3. The van der Waals surface area contributed by atoms with Gasteiger partial charge in [-0.05, 0) is 25.8 Å². The van der Waals surface area contributed by atoms with Crippen LogP contribution in [0.1, 0.15) is 25.5 Å². The Morgan fingerprint density at radius 3 is 2.69 bits per heavy atom. The van der Waals surface area contributed by atoms with E-state index in [4.69, 9.17) is 0 Å². The summed E-state index contributed by atoms with van der Waals surface area (Å²) in [5, 5.41) is 14.0. The number of aryl methyl sites for hydroxylation is 1. The minimum Gasteiger partial charge on any atom is -0.390 e. The van der Waals surface area contributed by atoms with Gasteiger partial charge in [-0.2, -0.15) is 5.10 Å². The molecule has 1 N–H and O–H groups in total. The molecular formula is C12H21N3O. The number of likely N-dealkylation sites (tertiary alicyclic amines) is 1. The second-order valence-corrected chi connectivity index (χ2v) is 5.03. The maximum atomic E-state index is 9.85. The van der Waals surface area contributed by atoms with Gasteiger partial charge >= 0.3 is 0 Å². The zero-order chi connectivity index (χ0) is 11.6. The molecule has 16 heavy (non-hydrogen) atoms. The average Bonchev–Trinajstić information content (AvgIpc) is 2.63. The molecule has 2 heterocycles. The van der Waals surface area contributed by atoms with E-state index in [1.54, 1.807) is 0 Å². The Kier molecular flexibility index (Phi) is 3.30. The summed E-state index contributed by atoms with van der Waals surface area (Å²) in [5.41, 5.74) is 0.834. The molecule has 4 heteroatoms. The Labute approximate surface area is 96.9 Å². The quantitative estimate of drug-likeness (QED) is 0.824. The zero-order valence-corrected chi connectivity index (χ0v) is 10.2. The molecule has 0 spiro atoms. The highest BCUT2D eigenvalue weighted by Crippen LogP contribution is 2.20. The van der Waals surface area contributed by atoms with Crippen LogP contribution < -0.4 is 0 Å². The van der Waals surface area contributed by atoms with Crippen LogP contribution in [0.3, 0.4) is 0 Å². The molecule has 0 atom stereocenters. The molecule has 1 aliphatic heterocycles. The van der Waals surface area contributed by atoms with E-state index in [1.165, 1.54) is 5.69 Å². The highest BCUT2D eigenvalue weighted by molar-refractivity contribution is 5.00. The first-order valence-electron chi connectivity index (χ1n) is 5.98. The summed E-state index contributed by atoms with van der Waals surface area (Å²) in [6.07, 6.45) is 4.66. The van der Waals surface area contributed by atoms with Crippen molar-refractivity contribution in [1.82, 2.24) is 14.7 Å². The molecule has 90 valence electrons. The Balaban J connectivity index is 1.78. The summed E-state index contributed by atoms with van der Waals surface area (Å²) < 4.78 is 1.93. The fourth-order valence-electron chi connectivity index (χ4n) is 2.18. The van der Waals surface area contributed by atoms with Gasteiger partial charge in [0.25, 0.3) is 0 Å². The fraction of sp³-hybridized carbons (Fsp3) is 0.750. The van der Waals surface area contributed by atoms with Gasteiger partial charge in [0.2, 0.25) is 0 Å². The summed E-state index contributed by atoms with van der Waals surface area (Å²) in [6, 6.07) is 2.07. The molecular weight excluding hydrogens is 202 g/mol. The second kappa shape index (κ2) is 4.55. The van der Waals surface area contributed by atoms with Crippen molar-refractivity contribution >= 4 is 0 Å². The number of hydrogen-bond donors (Lipinski definition) is 1. The van der Waals surface area contributed by atoms with Crippen molar-refractivity contribution < 1.29 is 5.11 Å². The molecule has 1 aliphatic rings. The first-order chi connectivity index (χ1) is 7.57. The third kappa shape index (κ3) is 2.83. The number of hydrogen-bond acceptors (Lipinski definition) is 3. The van der Waals surface area contributed by atoms with Crippen LogP contribution in [0, 0.1) is 0 Å². The summed E-state index contributed by atoms with van der Waals surface area (Å²) in [4.78, 5) is 2.42. The van der Waals surface area contributed by atoms with E-state index in [0.29, 0.717) is 0 Å². The Bertz CT molecular complexity index is 336. The minimum atomic E-state index is -0.441. The highest BCUT2D eigenvalue weighted by Gasteiger charge is 2.26. The Morgan fingerprint density at radius 1 is 1.44 bits per heavy atom. The molecule has 1 aromatic heterocycles. The third-order valence-corrected chi connectivity index (χ3v) is 3.54. The van der Waals surface area contributed by atoms with Crippen molar-refractivity contribution in [2.24, 2.45) is 7.05 Å². The van der Waals surface area contributed by atoms with E-state index in [0.717, 1.165) is 38.9 Å². The van der Waals surface area contributed by atoms with Gasteiger partial charge in [0.15, 0.2) is 0 Å². The molecule has 0 radical (unpaired) electrons. The van der Waals surface area contributed by atoms with Gasteiger partial charge in [-0.3, -0.25) is 4.68 Å². The summed E-state index contributed by atoms with van der Waals surface area (Å²) in [7, 11) is 1.98. The predicted octanol–water partition coefficient (Wildman–Crippen LogP) is 0.809. The minimum absolute atomic E-state index is 0.441. The van der Waals surface area contributed by atoms with E-state index in [2.05, 4.69) is 16.1 Å². The van der Waals surface area contributed by atoms with Crippen molar-refractivity contribution in [3.8, 4) is 0 Å². The molecule has 0 bridgehead atoms. The predicted molar refractivity (Wildman–Crippen MR) is 63.2 cm³/mol. The van der Waals surface area contributed by atoms with Crippen molar-refractivity contribution in [2.75, 3.05) is 19.6 Å². The summed E-state index contributed by atoms with van der Waals surface area (Å²) >= 11 is 0. The van der Waals surface area contributed by atoms with Gasteiger partial charge in [0.05, 0.1) is 5.60 Å². The van der Waals surface area contributed by atoms with Crippen LogP contribution in [0.15, 0.2) is 12.3 Å². The van der Waals surface area contributed by atoms with E-state index >= 15 is 0 Å². The first-order valence-corrected chi connectivity index (χ1v) is 5.98. The number of aliphatic hydroxyl groups is 1. The zero-order valence-electron chi connectivity index (χ0n) is 10.2. The SMILES string of the molecule is Cn1nccc1CCN1CCC(C)(O)CC1. The van der Waals surface area contributed by atoms with Crippen LogP contribution in [0.25, 0.3) is 0 Å². The molecule has 2 rings (SSSR count). The van der Waals surface area contributed by atoms with Crippen LogP contribution >= 0.6 is 0 Å². The highest BCUT2D eigenvalue weighted by atomic mass is 16.3. The van der Waals surface area contributed by atoms with Gasteiger partial charge in [0.1, 0.15) is 0 Å². The van der Waals surface area contributed by atoms with Crippen LogP contribution in [0.5, 0.6) is 0 Å². The van der Waals surface area contributed by atoms with E-state index in [9.17, 15) is 5.11 Å². The third-order valence-electron chi connectivity index (χ3n) is 3.54. The van der Waals surface area contributed by atoms with Crippen LogP contribution in [0.2, 0.25) is 0 Å². The van der Waals surface area contributed by atoms with Crippen molar-refractivity contribution in [3.05, 3.63) is 18.0 Å². The summed E-state index contributed by atoms with van der Waals surface area (Å²) in [6.45, 7) is 5.01. The van der Waals surface area contributed by atoms with E-state index in [-0.39, 0.29) is 0 Å². The maximum Gasteiger partial charge on any atom is 0.0644 e. The Hall–Kier alpha value is -0.870.